The van der Waals surface area contributed by atoms with E-state index < -0.39 is 5.97 Å². The van der Waals surface area contributed by atoms with Gasteiger partial charge in [0.15, 0.2) is 17.3 Å². The molecule has 32 heavy (non-hydrogen) atoms. The first kappa shape index (κ1) is 19.7. The molecule has 2 aliphatic heterocycles. The second-order valence-electron chi connectivity index (χ2n) is 7.28. The Kier molecular flexibility index (Phi) is 4.78. The third kappa shape index (κ3) is 3.54. The van der Waals surface area contributed by atoms with Gasteiger partial charge in [0.1, 0.15) is 17.2 Å². The minimum Gasteiger partial charge on any atom is -0.497 e. The number of benzene rings is 3. The molecule has 0 aliphatic carbocycles. The lowest BCUT2D eigenvalue weighted by atomic mass is 10.0. The van der Waals surface area contributed by atoms with Crippen molar-refractivity contribution in [3.63, 3.8) is 0 Å². The Labute approximate surface area is 183 Å². The molecule has 160 valence electrons. The molecule has 0 atom stereocenters. The average molecular weight is 430 g/mol. The van der Waals surface area contributed by atoms with Crippen LogP contribution in [0, 0.1) is 6.92 Å². The zero-order valence-corrected chi connectivity index (χ0v) is 17.3. The van der Waals surface area contributed by atoms with Crippen molar-refractivity contribution in [2.45, 2.75) is 6.92 Å². The minimum absolute atomic E-state index is 0.121. The Morgan fingerprint density at radius 2 is 1.72 bits per heavy atom. The number of hydrogen-bond acceptors (Lipinski definition) is 7. The Morgan fingerprint density at radius 1 is 0.938 bits per heavy atom. The number of fused-ring (bicyclic) bond motifs is 2. The molecule has 0 aromatic heterocycles. The smallest absolute Gasteiger partial charge is 0.343 e. The molecule has 0 unspecified atom stereocenters. The predicted octanol–water partition coefficient (Wildman–Crippen LogP) is 4.57. The van der Waals surface area contributed by atoms with Gasteiger partial charge in [-0.3, -0.25) is 4.79 Å². The van der Waals surface area contributed by atoms with E-state index in [0.717, 1.165) is 11.3 Å². The fourth-order valence-electron chi connectivity index (χ4n) is 3.58. The van der Waals surface area contributed by atoms with Crippen molar-refractivity contribution in [3.05, 3.63) is 82.6 Å². The molecule has 3 aromatic rings. The number of ketones is 1. The van der Waals surface area contributed by atoms with Crippen molar-refractivity contribution in [1.82, 2.24) is 0 Å². The third-order valence-corrected chi connectivity index (χ3v) is 5.18. The maximum absolute atomic E-state index is 12.9. The summed E-state index contributed by atoms with van der Waals surface area (Å²) in [6.45, 7) is 1.89. The Hall–Kier alpha value is -4.26. The van der Waals surface area contributed by atoms with Crippen molar-refractivity contribution in [2.75, 3.05) is 13.9 Å². The zero-order valence-electron chi connectivity index (χ0n) is 17.3. The summed E-state index contributed by atoms with van der Waals surface area (Å²) < 4.78 is 27.0. The highest BCUT2D eigenvalue weighted by molar-refractivity contribution is 6.15. The lowest BCUT2D eigenvalue weighted by molar-refractivity contribution is 0.0734. The molecule has 0 saturated heterocycles. The van der Waals surface area contributed by atoms with Crippen LogP contribution in [0.3, 0.4) is 0 Å². The molecule has 0 amide bonds. The normalized spacial score (nSPS) is 14.8. The topological polar surface area (TPSA) is 80.3 Å². The quantitative estimate of drug-likeness (QED) is 0.341. The van der Waals surface area contributed by atoms with Crippen LogP contribution < -0.4 is 23.7 Å². The lowest BCUT2D eigenvalue weighted by Gasteiger charge is -2.08. The molecule has 0 radical (unpaired) electrons. The lowest BCUT2D eigenvalue weighted by Crippen LogP contribution is -2.08. The van der Waals surface area contributed by atoms with Gasteiger partial charge in [0.2, 0.25) is 12.6 Å². The summed E-state index contributed by atoms with van der Waals surface area (Å²) in [6.07, 6.45) is 1.67. The van der Waals surface area contributed by atoms with Crippen LogP contribution in [0.2, 0.25) is 0 Å². The van der Waals surface area contributed by atoms with E-state index in [0.29, 0.717) is 33.9 Å². The van der Waals surface area contributed by atoms with Crippen molar-refractivity contribution in [2.24, 2.45) is 0 Å². The molecule has 0 fully saturated rings. The summed E-state index contributed by atoms with van der Waals surface area (Å²) in [5.41, 5.74) is 2.23. The molecular weight excluding hydrogens is 412 g/mol. The highest BCUT2D eigenvalue weighted by Gasteiger charge is 2.30. The van der Waals surface area contributed by atoms with Crippen LogP contribution in [0.4, 0.5) is 0 Å². The van der Waals surface area contributed by atoms with E-state index in [2.05, 4.69) is 0 Å². The molecule has 2 heterocycles. The van der Waals surface area contributed by atoms with Gasteiger partial charge in [-0.2, -0.15) is 0 Å². The second kappa shape index (κ2) is 7.77. The number of esters is 1. The van der Waals surface area contributed by atoms with Crippen molar-refractivity contribution >= 4 is 17.8 Å². The molecule has 0 saturated carbocycles. The average Bonchev–Trinajstić information content (AvgIpc) is 3.38. The van der Waals surface area contributed by atoms with Crippen LogP contribution >= 0.6 is 0 Å². The number of allylic oxidation sites excluding steroid dienone is 1. The van der Waals surface area contributed by atoms with Crippen LogP contribution in [0.15, 0.2) is 60.4 Å². The van der Waals surface area contributed by atoms with Gasteiger partial charge in [-0.1, -0.05) is 12.1 Å². The summed E-state index contributed by atoms with van der Waals surface area (Å²) in [5.74, 6) is 1.85. The van der Waals surface area contributed by atoms with Gasteiger partial charge in [0.05, 0.1) is 18.2 Å². The Balaban J connectivity index is 1.38. The maximum atomic E-state index is 12.9. The molecule has 7 nitrogen and oxygen atoms in total. The molecule has 0 N–H and O–H groups in total. The largest absolute Gasteiger partial charge is 0.497 e. The van der Waals surface area contributed by atoms with E-state index in [1.165, 1.54) is 0 Å². The van der Waals surface area contributed by atoms with Gasteiger partial charge in [0, 0.05) is 6.07 Å². The van der Waals surface area contributed by atoms with Gasteiger partial charge in [0.25, 0.3) is 0 Å². The molecule has 2 aliphatic rings. The van der Waals surface area contributed by atoms with Crippen LogP contribution in [0.1, 0.15) is 31.8 Å². The van der Waals surface area contributed by atoms with Crippen molar-refractivity contribution in [3.8, 4) is 28.7 Å². The number of methoxy groups -OCH3 is 1. The van der Waals surface area contributed by atoms with E-state index in [9.17, 15) is 9.59 Å². The first-order valence-electron chi connectivity index (χ1n) is 9.86. The van der Waals surface area contributed by atoms with Crippen LogP contribution in [-0.4, -0.2) is 25.7 Å². The molecule has 5 rings (SSSR count). The molecule has 0 bridgehead atoms. The first-order chi connectivity index (χ1) is 15.5. The van der Waals surface area contributed by atoms with E-state index in [-0.39, 0.29) is 24.1 Å². The summed E-state index contributed by atoms with van der Waals surface area (Å²) in [4.78, 5) is 25.5. The number of ether oxygens (including phenoxy) is 5. The molecule has 3 aromatic carbocycles. The Bertz CT molecular complexity index is 1270. The van der Waals surface area contributed by atoms with E-state index in [1.54, 1.807) is 62.6 Å². The highest BCUT2D eigenvalue weighted by Crippen LogP contribution is 2.38. The first-order valence-corrected chi connectivity index (χ1v) is 9.86. The predicted molar refractivity (Wildman–Crippen MR) is 115 cm³/mol. The number of aryl methyl sites for hydroxylation is 1. The fourth-order valence-corrected chi connectivity index (χ4v) is 3.58. The number of carbonyl (C=O) groups excluding carboxylic acids is 2. The zero-order chi connectivity index (χ0) is 22.2. The fraction of sp³-hybridized carbons (Fsp3) is 0.120. The third-order valence-electron chi connectivity index (χ3n) is 5.18. The summed E-state index contributed by atoms with van der Waals surface area (Å²) in [6, 6.07) is 15.3. The summed E-state index contributed by atoms with van der Waals surface area (Å²) in [5, 5.41) is 0. The second-order valence-corrected chi connectivity index (χ2v) is 7.28. The summed E-state index contributed by atoms with van der Waals surface area (Å²) in [7, 11) is 1.59. The van der Waals surface area contributed by atoms with Crippen LogP contribution in [0.25, 0.3) is 6.08 Å². The maximum Gasteiger partial charge on any atom is 0.343 e. The van der Waals surface area contributed by atoms with E-state index >= 15 is 0 Å². The van der Waals surface area contributed by atoms with Crippen LogP contribution in [-0.2, 0) is 0 Å². The standard InChI is InChI=1S/C25H18O7/c1-14-9-18(31-25(27)16-5-8-19-20(11-16)30-13-29-19)12-21-23(14)24(26)22(32-21)10-15-3-6-17(28-2)7-4-15/h3-12H,13H2,1-2H3/b22-10-. The van der Waals surface area contributed by atoms with Gasteiger partial charge < -0.3 is 23.7 Å². The van der Waals surface area contributed by atoms with Crippen LogP contribution in [0.5, 0.6) is 28.7 Å². The minimum atomic E-state index is -0.555. The number of carbonyl (C=O) groups is 2. The van der Waals surface area contributed by atoms with E-state index in [4.69, 9.17) is 23.7 Å². The van der Waals surface area contributed by atoms with Gasteiger partial charge >= 0.3 is 5.97 Å². The van der Waals surface area contributed by atoms with Gasteiger partial charge in [-0.15, -0.1) is 0 Å². The Morgan fingerprint density at radius 3 is 2.50 bits per heavy atom. The van der Waals surface area contributed by atoms with E-state index in [1.807, 2.05) is 12.1 Å². The highest BCUT2D eigenvalue weighted by atomic mass is 16.7. The van der Waals surface area contributed by atoms with Gasteiger partial charge in [-0.05, 0) is 60.5 Å². The molecular formula is C25H18O7. The van der Waals surface area contributed by atoms with Crippen molar-refractivity contribution < 1.29 is 33.3 Å². The SMILES string of the molecule is COc1ccc(/C=C2\Oc3cc(OC(=O)c4ccc5c(c4)OCO5)cc(C)c3C2=O)cc1. The number of rotatable bonds is 4. The monoisotopic (exact) mass is 430 g/mol. The van der Waals surface area contributed by atoms with Crippen molar-refractivity contribution in [1.29, 1.82) is 0 Å². The van der Waals surface area contributed by atoms with Gasteiger partial charge in [-0.25, -0.2) is 4.79 Å². The molecule has 7 heteroatoms. The summed E-state index contributed by atoms with van der Waals surface area (Å²) >= 11 is 0. The molecule has 0 spiro atoms. The number of Topliss-reactive ketones (excluding diaryl/α,β-unsaturated/α-hetero) is 1. The number of hydrogen-bond donors (Lipinski definition) is 0.